The van der Waals surface area contributed by atoms with E-state index in [1.54, 1.807) is 0 Å². The largest absolute Gasteiger partial charge is 0.353 e. The van der Waals surface area contributed by atoms with Gasteiger partial charge in [-0.3, -0.25) is 9.59 Å². The molecule has 39 heavy (non-hydrogen) atoms. The zero-order chi connectivity index (χ0) is 28.5. The molecule has 11 heteroatoms. The fourth-order valence-electron chi connectivity index (χ4n) is 5.01. The number of aryl methyl sites for hydroxylation is 1. The average molecular weight is 684 g/mol. The summed E-state index contributed by atoms with van der Waals surface area (Å²) >= 11 is 6.82. The van der Waals surface area contributed by atoms with E-state index in [0.29, 0.717) is 8.95 Å². The van der Waals surface area contributed by atoms with E-state index in [1.165, 1.54) is 23.3 Å². The first kappa shape index (κ1) is 30.2. The molecule has 1 aliphatic carbocycles. The summed E-state index contributed by atoms with van der Waals surface area (Å²) in [6.07, 6.45) is 2.43. The molecule has 1 aliphatic heterocycles. The molecule has 0 radical (unpaired) electrons. The van der Waals surface area contributed by atoms with Crippen molar-refractivity contribution in [2.75, 3.05) is 13.1 Å². The summed E-state index contributed by atoms with van der Waals surface area (Å²) in [4.78, 5) is 26.1. The second-order valence-corrected chi connectivity index (χ2v) is 14.9. The van der Waals surface area contributed by atoms with Gasteiger partial charge in [-0.05, 0) is 81.3 Å². The third-order valence-corrected chi connectivity index (χ3v) is 10.7. The van der Waals surface area contributed by atoms with Crippen LogP contribution < -0.4 is 16.0 Å². The number of carbonyl (C=O) groups excluding carboxylic acids is 2. The van der Waals surface area contributed by atoms with Crippen LogP contribution in [-0.4, -0.2) is 49.2 Å². The Balaban J connectivity index is 1.50. The number of nitrogens with zero attached hydrogens (tertiary/aromatic N) is 1. The van der Waals surface area contributed by atoms with Gasteiger partial charge in [0.25, 0.3) is 0 Å². The molecule has 0 saturated carbocycles. The molecule has 2 amide bonds. The maximum absolute atomic E-state index is 13.6. The third-order valence-electron chi connectivity index (χ3n) is 7.20. The number of rotatable bonds is 7. The van der Waals surface area contributed by atoms with Crippen LogP contribution in [0.25, 0.3) is 0 Å². The number of sulfonamides is 1. The third kappa shape index (κ3) is 7.11. The lowest BCUT2D eigenvalue weighted by atomic mass is 9.86. The van der Waals surface area contributed by atoms with Crippen LogP contribution >= 0.6 is 31.9 Å². The van der Waals surface area contributed by atoms with Crippen molar-refractivity contribution in [1.82, 2.24) is 20.3 Å². The van der Waals surface area contributed by atoms with Gasteiger partial charge in [0.05, 0.1) is 17.4 Å². The number of fused-ring (bicyclic) bond motifs is 1. The number of benzene rings is 2. The lowest BCUT2D eigenvalue weighted by Gasteiger charge is -2.34. The molecule has 212 valence electrons. The highest BCUT2D eigenvalue weighted by atomic mass is 79.9. The molecule has 4 rings (SSSR count). The van der Waals surface area contributed by atoms with E-state index in [2.05, 4.69) is 86.8 Å². The summed E-state index contributed by atoms with van der Waals surface area (Å²) in [7, 11) is -4.03. The molecule has 3 N–H and O–H groups in total. The van der Waals surface area contributed by atoms with E-state index in [0.717, 1.165) is 41.2 Å². The predicted octanol–water partition coefficient (Wildman–Crippen LogP) is 4.48. The van der Waals surface area contributed by atoms with E-state index in [-0.39, 0.29) is 41.9 Å². The standard InChI is InChI=1S/C28H36Br2N4O4S/c1-17-22(29)13-20(14-23(17)30)39(37,38)34-11-10-31-27(36)25(34)15-26(35)33-24-7-5-6-19-12-18(8-9-21(19)24)16-32-28(2,3)4/h8-9,12-14,24-25,32H,5-7,10-11,15-16H2,1-4H3,(H,31,36)(H,33,35)/t24-,25-/m1/s1. The summed E-state index contributed by atoms with van der Waals surface area (Å²) in [5.41, 5.74) is 4.39. The fraction of sp³-hybridized carbons (Fsp3) is 0.500. The number of nitrogens with one attached hydrogen (secondary N) is 3. The van der Waals surface area contributed by atoms with Crippen LogP contribution in [0, 0.1) is 6.92 Å². The van der Waals surface area contributed by atoms with Crippen molar-refractivity contribution in [3.05, 3.63) is 61.5 Å². The SMILES string of the molecule is Cc1c(Br)cc(S(=O)(=O)N2CCNC(=O)[C@H]2CC(=O)N[C@@H]2CCCc3cc(CNC(C)(C)C)ccc32)cc1Br. The van der Waals surface area contributed by atoms with Gasteiger partial charge >= 0.3 is 0 Å². The van der Waals surface area contributed by atoms with Gasteiger partial charge in [-0.1, -0.05) is 50.1 Å². The summed E-state index contributed by atoms with van der Waals surface area (Å²) in [5.74, 6) is -0.815. The van der Waals surface area contributed by atoms with E-state index < -0.39 is 22.0 Å². The average Bonchev–Trinajstić information content (AvgIpc) is 2.86. The molecule has 2 aromatic rings. The zero-order valence-corrected chi connectivity index (χ0v) is 26.7. The molecule has 1 saturated heterocycles. The Labute approximate surface area is 248 Å². The highest BCUT2D eigenvalue weighted by molar-refractivity contribution is 9.11. The Morgan fingerprint density at radius 3 is 2.51 bits per heavy atom. The normalized spacial score (nSPS) is 20.3. The van der Waals surface area contributed by atoms with Crippen LogP contribution in [-0.2, 0) is 32.6 Å². The lowest BCUT2D eigenvalue weighted by molar-refractivity contribution is -0.132. The first-order valence-corrected chi connectivity index (χ1v) is 16.2. The minimum atomic E-state index is -4.03. The molecule has 2 atom stereocenters. The highest BCUT2D eigenvalue weighted by Crippen LogP contribution is 2.33. The van der Waals surface area contributed by atoms with Gasteiger partial charge < -0.3 is 16.0 Å². The van der Waals surface area contributed by atoms with Gasteiger partial charge in [0.1, 0.15) is 6.04 Å². The second kappa shape index (κ2) is 12.0. The highest BCUT2D eigenvalue weighted by Gasteiger charge is 2.40. The number of carbonyl (C=O) groups is 2. The molecule has 0 bridgehead atoms. The van der Waals surface area contributed by atoms with Crippen LogP contribution in [0.3, 0.4) is 0 Å². The van der Waals surface area contributed by atoms with Gasteiger partial charge in [-0.2, -0.15) is 4.31 Å². The Morgan fingerprint density at radius 2 is 1.85 bits per heavy atom. The molecule has 1 fully saturated rings. The number of amides is 2. The number of piperazine rings is 1. The molecular weight excluding hydrogens is 648 g/mol. The second-order valence-electron chi connectivity index (χ2n) is 11.3. The molecule has 8 nitrogen and oxygen atoms in total. The lowest BCUT2D eigenvalue weighted by Crippen LogP contribution is -2.58. The zero-order valence-electron chi connectivity index (χ0n) is 22.7. The van der Waals surface area contributed by atoms with Gasteiger partial charge in [0.15, 0.2) is 0 Å². The minimum Gasteiger partial charge on any atom is -0.353 e. The van der Waals surface area contributed by atoms with Gasteiger partial charge in [0, 0.05) is 34.1 Å². The summed E-state index contributed by atoms with van der Waals surface area (Å²) in [6, 6.07) is 8.13. The molecule has 0 aromatic heterocycles. The monoisotopic (exact) mass is 682 g/mol. The van der Waals surface area contributed by atoms with Crippen molar-refractivity contribution >= 4 is 53.7 Å². The molecule has 2 aromatic carbocycles. The quantitative estimate of drug-likeness (QED) is 0.399. The summed E-state index contributed by atoms with van der Waals surface area (Å²) < 4.78 is 29.6. The number of hydrogen-bond donors (Lipinski definition) is 3. The number of hydrogen-bond acceptors (Lipinski definition) is 5. The van der Waals surface area contributed by atoms with Gasteiger partial charge in [-0.25, -0.2) is 8.42 Å². The van der Waals surface area contributed by atoms with Crippen LogP contribution in [0.1, 0.15) is 68.3 Å². The molecule has 0 unspecified atom stereocenters. The Kier molecular flexibility index (Phi) is 9.27. The van der Waals surface area contributed by atoms with Crippen LogP contribution in [0.5, 0.6) is 0 Å². The molecular formula is C28H36Br2N4O4S. The van der Waals surface area contributed by atoms with Crippen molar-refractivity contribution < 1.29 is 18.0 Å². The van der Waals surface area contributed by atoms with E-state index in [4.69, 9.17) is 0 Å². The maximum Gasteiger partial charge on any atom is 0.243 e. The Bertz CT molecular complexity index is 1350. The molecule has 2 aliphatic rings. The topological polar surface area (TPSA) is 108 Å². The van der Waals surface area contributed by atoms with Gasteiger partial charge in [0.2, 0.25) is 21.8 Å². The Hall–Kier alpha value is -1.79. The summed E-state index contributed by atoms with van der Waals surface area (Å²) in [5, 5.41) is 9.31. The first-order valence-electron chi connectivity index (χ1n) is 13.2. The van der Waals surface area contributed by atoms with Crippen molar-refractivity contribution in [2.45, 2.75) is 82.4 Å². The smallest absolute Gasteiger partial charge is 0.243 e. The van der Waals surface area contributed by atoms with Crippen molar-refractivity contribution in [2.24, 2.45) is 0 Å². The molecule has 1 heterocycles. The molecule has 0 spiro atoms. The van der Waals surface area contributed by atoms with Crippen LogP contribution in [0.15, 0.2) is 44.2 Å². The van der Waals surface area contributed by atoms with Gasteiger partial charge in [-0.15, -0.1) is 0 Å². The van der Waals surface area contributed by atoms with Crippen molar-refractivity contribution in [3.8, 4) is 0 Å². The van der Waals surface area contributed by atoms with Crippen LogP contribution in [0.4, 0.5) is 0 Å². The predicted molar refractivity (Wildman–Crippen MR) is 159 cm³/mol. The van der Waals surface area contributed by atoms with Crippen molar-refractivity contribution in [3.63, 3.8) is 0 Å². The van der Waals surface area contributed by atoms with E-state index >= 15 is 0 Å². The van der Waals surface area contributed by atoms with E-state index in [9.17, 15) is 18.0 Å². The fourth-order valence-corrected chi connectivity index (χ4v) is 8.14. The maximum atomic E-state index is 13.6. The minimum absolute atomic E-state index is 0.0195. The number of halogens is 2. The first-order chi connectivity index (χ1) is 18.3. The van der Waals surface area contributed by atoms with Crippen molar-refractivity contribution in [1.29, 1.82) is 0 Å². The van der Waals surface area contributed by atoms with Crippen LogP contribution in [0.2, 0.25) is 0 Å². The summed E-state index contributed by atoms with van der Waals surface area (Å²) in [6.45, 7) is 9.30. The Morgan fingerprint density at radius 1 is 1.15 bits per heavy atom. The van der Waals surface area contributed by atoms with E-state index in [1.807, 2.05) is 6.92 Å².